The van der Waals surface area contributed by atoms with E-state index in [0.717, 1.165) is 31.0 Å². The van der Waals surface area contributed by atoms with Gasteiger partial charge in [-0.2, -0.15) is 0 Å². The molecule has 0 radical (unpaired) electrons. The Morgan fingerprint density at radius 3 is 2.64 bits per heavy atom. The summed E-state index contributed by atoms with van der Waals surface area (Å²) in [7, 11) is 1.75. The van der Waals surface area contributed by atoms with Crippen LogP contribution in [0.2, 0.25) is 0 Å². The molecule has 0 aliphatic carbocycles. The van der Waals surface area contributed by atoms with Crippen molar-refractivity contribution in [3.63, 3.8) is 0 Å². The zero-order valence-electron chi connectivity index (χ0n) is 14.4. The molecule has 130 valence electrons. The number of benzene rings is 2. The summed E-state index contributed by atoms with van der Waals surface area (Å²) in [6.07, 6.45) is 3.13. The fourth-order valence-corrected chi connectivity index (χ4v) is 2.80. The molecule has 3 aromatic rings. The summed E-state index contributed by atoms with van der Waals surface area (Å²) >= 11 is 0. The molecular weight excluding hydrogens is 315 g/mol. The average molecular weight is 338 g/mol. The van der Waals surface area contributed by atoms with Crippen LogP contribution in [0.1, 0.15) is 12.0 Å². The van der Waals surface area contributed by atoms with Crippen LogP contribution in [-0.2, 0) is 13.1 Å². The molecule has 4 nitrogen and oxygen atoms in total. The Morgan fingerprint density at radius 2 is 1.84 bits per heavy atom. The van der Waals surface area contributed by atoms with Crippen molar-refractivity contribution in [2.45, 2.75) is 19.5 Å². The molecule has 5 heteroatoms. The van der Waals surface area contributed by atoms with Gasteiger partial charge in [-0.25, -0.2) is 4.39 Å². The monoisotopic (exact) mass is 338 g/mol. The predicted molar refractivity (Wildman–Crippen MR) is 101 cm³/mol. The lowest BCUT2D eigenvalue weighted by atomic mass is 10.2. The van der Waals surface area contributed by atoms with Gasteiger partial charge in [0.05, 0.1) is 0 Å². The minimum absolute atomic E-state index is 0.219. The number of aromatic nitrogens is 1. The number of rotatable bonds is 6. The molecule has 1 heterocycles. The molecule has 0 saturated carbocycles. The van der Waals surface area contributed by atoms with Crippen LogP contribution in [0.25, 0.3) is 10.9 Å². The quantitative estimate of drug-likeness (QED) is 0.410. The fourth-order valence-electron chi connectivity index (χ4n) is 2.80. The Kier molecular flexibility index (Phi) is 5.67. The van der Waals surface area contributed by atoms with Gasteiger partial charge in [-0.1, -0.05) is 30.3 Å². The van der Waals surface area contributed by atoms with Gasteiger partial charge in [0, 0.05) is 38.4 Å². The zero-order chi connectivity index (χ0) is 17.5. The Hall–Kier alpha value is -2.82. The van der Waals surface area contributed by atoms with Crippen LogP contribution < -0.4 is 10.6 Å². The van der Waals surface area contributed by atoms with E-state index >= 15 is 0 Å². The highest BCUT2D eigenvalue weighted by Gasteiger charge is 2.01. The lowest BCUT2D eigenvalue weighted by Crippen LogP contribution is -2.37. The topological polar surface area (TPSA) is 41.4 Å². The Labute approximate surface area is 147 Å². The van der Waals surface area contributed by atoms with E-state index < -0.39 is 0 Å². The summed E-state index contributed by atoms with van der Waals surface area (Å²) in [6.45, 7) is 2.40. The van der Waals surface area contributed by atoms with Gasteiger partial charge in [0.25, 0.3) is 0 Å². The van der Waals surface area contributed by atoms with Crippen molar-refractivity contribution < 1.29 is 4.39 Å². The largest absolute Gasteiger partial charge is 0.356 e. The first kappa shape index (κ1) is 17.0. The number of aliphatic imine (C=N–C) groups is 1. The molecule has 0 atom stereocenters. The first-order valence-corrected chi connectivity index (χ1v) is 8.49. The maximum atomic E-state index is 12.9. The summed E-state index contributed by atoms with van der Waals surface area (Å²) in [6, 6.07) is 17.0. The van der Waals surface area contributed by atoms with Crippen LogP contribution in [0.15, 0.2) is 65.8 Å². The van der Waals surface area contributed by atoms with Crippen molar-refractivity contribution in [2.24, 2.45) is 4.99 Å². The third kappa shape index (κ3) is 4.59. The second kappa shape index (κ2) is 8.33. The molecule has 2 N–H and O–H groups in total. The molecule has 0 amide bonds. The van der Waals surface area contributed by atoms with Crippen LogP contribution in [0.4, 0.5) is 4.39 Å². The zero-order valence-corrected chi connectivity index (χ0v) is 14.4. The number of hydrogen-bond donors (Lipinski definition) is 2. The summed E-state index contributed by atoms with van der Waals surface area (Å²) < 4.78 is 15.2. The number of nitrogens with one attached hydrogen (secondary N) is 2. The number of guanidine groups is 1. The minimum Gasteiger partial charge on any atom is -0.356 e. The molecule has 0 saturated heterocycles. The summed E-state index contributed by atoms with van der Waals surface area (Å²) in [5, 5.41) is 7.82. The summed E-state index contributed by atoms with van der Waals surface area (Å²) in [5.74, 6) is 0.533. The van der Waals surface area contributed by atoms with E-state index in [1.165, 1.54) is 23.0 Å². The van der Waals surface area contributed by atoms with Gasteiger partial charge >= 0.3 is 0 Å². The van der Waals surface area contributed by atoms with Gasteiger partial charge in [-0.3, -0.25) is 4.99 Å². The second-order valence-electron chi connectivity index (χ2n) is 5.90. The maximum Gasteiger partial charge on any atom is 0.191 e. The average Bonchev–Trinajstić information content (AvgIpc) is 3.06. The van der Waals surface area contributed by atoms with Crippen LogP contribution >= 0.6 is 0 Å². The van der Waals surface area contributed by atoms with Gasteiger partial charge in [0.2, 0.25) is 0 Å². The Balaban J connectivity index is 1.43. The van der Waals surface area contributed by atoms with Gasteiger partial charge in [-0.05, 0) is 41.6 Å². The molecular formula is C20H23FN4. The number of hydrogen-bond acceptors (Lipinski definition) is 1. The number of aryl methyl sites for hydroxylation is 1. The van der Waals surface area contributed by atoms with Crippen molar-refractivity contribution in [2.75, 3.05) is 13.6 Å². The third-order valence-electron chi connectivity index (χ3n) is 4.15. The number of fused-ring (bicyclic) bond motifs is 1. The van der Waals surface area contributed by atoms with E-state index in [1.54, 1.807) is 19.2 Å². The highest BCUT2D eigenvalue weighted by Crippen LogP contribution is 2.15. The molecule has 0 unspecified atom stereocenters. The molecule has 0 spiro atoms. The van der Waals surface area contributed by atoms with Crippen LogP contribution in [0, 0.1) is 5.82 Å². The number of nitrogens with zero attached hydrogens (tertiary/aromatic N) is 2. The molecule has 1 aromatic heterocycles. The fraction of sp³-hybridized carbons (Fsp3) is 0.250. The third-order valence-corrected chi connectivity index (χ3v) is 4.15. The lowest BCUT2D eigenvalue weighted by Gasteiger charge is -2.12. The molecule has 3 rings (SSSR count). The van der Waals surface area contributed by atoms with E-state index in [1.807, 2.05) is 0 Å². The van der Waals surface area contributed by atoms with Crippen molar-refractivity contribution in [1.82, 2.24) is 15.2 Å². The van der Waals surface area contributed by atoms with Crippen molar-refractivity contribution in [3.8, 4) is 0 Å². The number of para-hydroxylation sites is 1. The Bertz CT molecular complexity index is 836. The van der Waals surface area contributed by atoms with Crippen molar-refractivity contribution >= 4 is 16.9 Å². The summed E-state index contributed by atoms with van der Waals surface area (Å²) in [5.41, 5.74) is 2.28. The van der Waals surface area contributed by atoms with Crippen molar-refractivity contribution in [3.05, 3.63) is 72.2 Å². The molecule has 0 bridgehead atoms. The smallest absolute Gasteiger partial charge is 0.191 e. The van der Waals surface area contributed by atoms with E-state index in [4.69, 9.17) is 0 Å². The molecule has 2 aromatic carbocycles. The first-order valence-electron chi connectivity index (χ1n) is 8.49. The standard InChI is InChI=1S/C20H23FN4/c1-22-20(24-15-16-7-9-18(21)10-8-16)23-12-4-13-25-14-11-17-5-2-3-6-19(17)25/h2-3,5-11,14H,4,12-13,15H2,1H3,(H2,22,23,24). The van der Waals surface area contributed by atoms with E-state index in [0.29, 0.717) is 6.54 Å². The Morgan fingerprint density at radius 1 is 1.04 bits per heavy atom. The van der Waals surface area contributed by atoms with Gasteiger partial charge in [0.15, 0.2) is 5.96 Å². The SMILES string of the molecule is CN=C(NCCCn1ccc2ccccc21)NCc1ccc(F)cc1. The van der Waals surface area contributed by atoms with E-state index in [2.05, 4.69) is 56.7 Å². The molecule has 0 aliphatic rings. The highest BCUT2D eigenvalue weighted by molar-refractivity contribution is 5.80. The van der Waals surface area contributed by atoms with Gasteiger partial charge in [0.1, 0.15) is 5.82 Å². The van der Waals surface area contributed by atoms with Crippen LogP contribution in [-0.4, -0.2) is 24.1 Å². The van der Waals surface area contributed by atoms with Gasteiger partial charge in [-0.15, -0.1) is 0 Å². The second-order valence-corrected chi connectivity index (χ2v) is 5.90. The van der Waals surface area contributed by atoms with Crippen LogP contribution in [0.3, 0.4) is 0 Å². The highest BCUT2D eigenvalue weighted by atomic mass is 19.1. The normalized spacial score (nSPS) is 11.7. The van der Waals surface area contributed by atoms with E-state index in [9.17, 15) is 4.39 Å². The van der Waals surface area contributed by atoms with E-state index in [-0.39, 0.29) is 5.82 Å². The maximum absolute atomic E-state index is 12.9. The summed E-state index contributed by atoms with van der Waals surface area (Å²) in [4.78, 5) is 4.22. The molecule has 0 fully saturated rings. The van der Waals surface area contributed by atoms with Crippen LogP contribution in [0.5, 0.6) is 0 Å². The van der Waals surface area contributed by atoms with Gasteiger partial charge < -0.3 is 15.2 Å². The van der Waals surface area contributed by atoms with Crippen molar-refractivity contribution in [1.29, 1.82) is 0 Å². The predicted octanol–water partition coefficient (Wildman–Crippen LogP) is 3.54. The molecule has 25 heavy (non-hydrogen) atoms. The minimum atomic E-state index is -0.219. The lowest BCUT2D eigenvalue weighted by molar-refractivity contribution is 0.626. The number of halogens is 1. The molecule has 0 aliphatic heterocycles. The first-order chi connectivity index (χ1) is 12.3.